The van der Waals surface area contributed by atoms with E-state index < -0.39 is 72.7 Å². The summed E-state index contributed by atoms with van der Waals surface area (Å²) in [7, 11) is -4.39. The van der Waals surface area contributed by atoms with Crippen LogP contribution in [0, 0.1) is 12.7 Å². The standard InChI is InChI=1S/C44H63FN7O10P/c1-13-50-37(48-52(42(50)57)36-24-31-32(23-34(36)45)39(54)51(25-33(31)27(2)3)35-20-16-15-19-28(35)4)26-60-63(58,59-22-18-14-17-21-46-41(56)62-44(10,11)12)49-29(5)38(53)47-30(6)40(55)61-43(7,8)9/h15-16,19-20,23-25,27,29-30H,13-14,17-18,21-22,26H2,1-12H3,(H,46,56)(H,47,53)(H,49,58). The number of aryl methyl sites for hydroxylation is 1. The van der Waals surface area contributed by atoms with E-state index in [0.29, 0.717) is 36.9 Å². The van der Waals surface area contributed by atoms with Gasteiger partial charge in [0.25, 0.3) is 5.56 Å². The van der Waals surface area contributed by atoms with Crippen LogP contribution in [0.3, 0.4) is 0 Å². The zero-order valence-corrected chi connectivity index (χ0v) is 39.3. The maximum absolute atomic E-state index is 16.2. The third-order valence-corrected chi connectivity index (χ3v) is 11.3. The Kier molecular flexibility index (Phi) is 16.8. The van der Waals surface area contributed by atoms with E-state index in [0.717, 1.165) is 21.9 Å². The molecule has 4 aromatic rings. The molecule has 0 spiro atoms. The number of alkyl carbamates (subject to hydrolysis) is 1. The molecular weight excluding hydrogens is 836 g/mol. The van der Waals surface area contributed by atoms with Crippen molar-refractivity contribution in [3.8, 4) is 11.4 Å². The lowest BCUT2D eigenvalue weighted by Crippen LogP contribution is -2.48. The van der Waals surface area contributed by atoms with E-state index in [9.17, 15) is 28.5 Å². The normalized spacial score (nSPS) is 14.0. The number of unbranched alkanes of at least 4 members (excludes halogenated alkanes) is 2. The van der Waals surface area contributed by atoms with Crippen LogP contribution in [0.2, 0.25) is 0 Å². The molecule has 4 rings (SSSR count). The summed E-state index contributed by atoms with van der Waals surface area (Å²) in [6.45, 7) is 20.4. The number of fused-ring (bicyclic) bond motifs is 1. The van der Waals surface area contributed by atoms with Gasteiger partial charge in [0, 0.05) is 19.3 Å². The van der Waals surface area contributed by atoms with Crippen molar-refractivity contribution >= 4 is 36.5 Å². The van der Waals surface area contributed by atoms with E-state index in [1.54, 1.807) is 54.7 Å². The number of para-hydroxylation sites is 1. The number of benzene rings is 2. The van der Waals surface area contributed by atoms with E-state index in [4.69, 9.17) is 18.5 Å². The third-order valence-electron chi connectivity index (χ3n) is 9.57. The first kappa shape index (κ1) is 50.5. The van der Waals surface area contributed by atoms with E-state index in [-0.39, 0.29) is 36.0 Å². The molecule has 2 heterocycles. The van der Waals surface area contributed by atoms with Gasteiger partial charge in [-0.1, -0.05) is 32.0 Å². The molecule has 17 nitrogen and oxygen atoms in total. The number of aromatic nitrogens is 4. The number of hydrogen-bond acceptors (Lipinski definition) is 11. The number of carbonyl (C=O) groups is 3. The molecule has 3 N–H and O–H groups in total. The average molecular weight is 900 g/mol. The Bertz CT molecular complexity index is 2450. The zero-order chi connectivity index (χ0) is 47.0. The minimum atomic E-state index is -4.39. The Morgan fingerprint density at radius 2 is 1.54 bits per heavy atom. The van der Waals surface area contributed by atoms with Gasteiger partial charge in [-0.3, -0.25) is 27.8 Å². The number of pyridine rings is 1. The highest BCUT2D eigenvalue weighted by atomic mass is 31.2. The van der Waals surface area contributed by atoms with Crippen molar-refractivity contribution in [1.29, 1.82) is 0 Å². The summed E-state index contributed by atoms with van der Waals surface area (Å²) in [6.07, 6.45) is 2.67. The molecule has 0 radical (unpaired) electrons. The van der Waals surface area contributed by atoms with Crippen molar-refractivity contribution in [1.82, 2.24) is 34.6 Å². The van der Waals surface area contributed by atoms with Gasteiger partial charge in [-0.15, -0.1) is 5.10 Å². The minimum Gasteiger partial charge on any atom is -0.458 e. The quantitative estimate of drug-likeness (QED) is 0.0491. The number of amides is 2. The molecule has 0 aliphatic heterocycles. The average Bonchev–Trinajstić information content (AvgIpc) is 3.50. The summed E-state index contributed by atoms with van der Waals surface area (Å²) in [5, 5.41) is 12.8. The number of hydrogen-bond donors (Lipinski definition) is 3. The van der Waals surface area contributed by atoms with Crippen LogP contribution in [0.1, 0.15) is 118 Å². The lowest BCUT2D eigenvalue weighted by atomic mass is 9.97. The summed E-state index contributed by atoms with van der Waals surface area (Å²) < 4.78 is 56.3. The van der Waals surface area contributed by atoms with Crippen LogP contribution >= 0.6 is 7.75 Å². The van der Waals surface area contributed by atoms with Gasteiger partial charge in [-0.2, -0.15) is 4.68 Å². The van der Waals surface area contributed by atoms with Crippen LogP contribution < -0.4 is 27.0 Å². The first-order valence-electron chi connectivity index (χ1n) is 21.2. The predicted molar refractivity (Wildman–Crippen MR) is 238 cm³/mol. The van der Waals surface area contributed by atoms with Gasteiger partial charge in [0.1, 0.15) is 35.4 Å². The molecule has 0 aliphatic carbocycles. The Morgan fingerprint density at radius 1 is 0.873 bits per heavy atom. The second kappa shape index (κ2) is 21.0. The molecule has 2 aromatic carbocycles. The second-order valence-electron chi connectivity index (χ2n) is 17.6. The van der Waals surface area contributed by atoms with Gasteiger partial charge < -0.3 is 20.1 Å². The van der Waals surface area contributed by atoms with Gasteiger partial charge in [0.15, 0.2) is 5.82 Å². The Morgan fingerprint density at radius 3 is 2.16 bits per heavy atom. The maximum atomic E-state index is 16.2. The molecule has 346 valence electrons. The second-order valence-corrected chi connectivity index (χ2v) is 19.4. The summed E-state index contributed by atoms with van der Waals surface area (Å²) in [5.74, 6) is -2.38. The van der Waals surface area contributed by atoms with Crippen molar-refractivity contribution in [2.75, 3.05) is 13.2 Å². The number of halogens is 1. The molecule has 19 heteroatoms. The predicted octanol–water partition coefficient (Wildman–Crippen LogP) is 7.09. The van der Waals surface area contributed by atoms with E-state index >= 15 is 4.39 Å². The largest absolute Gasteiger partial charge is 0.458 e. The molecule has 0 bridgehead atoms. The topological polar surface area (TPSA) is 203 Å². The molecule has 0 saturated carbocycles. The number of ether oxygens (including phenoxy) is 2. The highest BCUT2D eigenvalue weighted by Gasteiger charge is 2.33. The number of rotatable bonds is 19. The van der Waals surface area contributed by atoms with E-state index in [2.05, 4.69) is 20.8 Å². The zero-order valence-electron chi connectivity index (χ0n) is 38.4. The molecule has 63 heavy (non-hydrogen) atoms. The van der Waals surface area contributed by atoms with Crippen LogP contribution in [-0.2, 0) is 45.8 Å². The summed E-state index contributed by atoms with van der Waals surface area (Å²) in [5.41, 5.74) is -0.542. The van der Waals surface area contributed by atoms with Crippen molar-refractivity contribution in [2.24, 2.45) is 0 Å². The molecule has 0 fully saturated rings. The Labute approximate surface area is 367 Å². The summed E-state index contributed by atoms with van der Waals surface area (Å²) in [6, 6.07) is 7.66. The molecule has 0 aliphatic rings. The van der Waals surface area contributed by atoms with E-state index in [1.165, 1.54) is 29.0 Å². The Balaban J connectivity index is 1.61. The Hall–Kier alpha value is -5.16. The fraction of sp³-hybridized carbons (Fsp3) is 0.545. The molecule has 3 atom stereocenters. The van der Waals surface area contributed by atoms with Gasteiger partial charge in [0.2, 0.25) is 5.91 Å². The van der Waals surface area contributed by atoms with Crippen LogP contribution in [0.15, 0.2) is 52.2 Å². The molecule has 2 amide bonds. The van der Waals surface area contributed by atoms with Gasteiger partial charge in [-0.05, 0) is 129 Å². The molecule has 0 saturated heterocycles. The fourth-order valence-electron chi connectivity index (χ4n) is 6.46. The van der Waals surface area contributed by atoms with Crippen LogP contribution in [0.4, 0.5) is 9.18 Å². The first-order valence-corrected chi connectivity index (χ1v) is 22.7. The first-order chi connectivity index (χ1) is 29.3. The lowest BCUT2D eigenvalue weighted by molar-refractivity contribution is -0.158. The monoisotopic (exact) mass is 899 g/mol. The molecular formula is C44H63FN7O10P. The molecule has 2 aromatic heterocycles. The molecule has 3 unspecified atom stereocenters. The number of carbonyl (C=O) groups excluding carboxylic acids is 3. The van der Waals surface area contributed by atoms with E-state index in [1.807, 2.05) is 45.0 Å². The van der Waals surface area contributed by atoms with Crippen molar-refractivity contribution in [2.45, 2.75) is 145 Å². The third kappa shape index (κ3) is 13.7. The summed E-state index contributed by atoms with van der Waals surface area (Å²) >= 11 is 0. The van der Waals surface area contributed by atoms with Crippen molar-refractivity contribution < 1.29 is 41.9 Å². The smallest absolute Gasteiger partial charge is 0.407 e. The van der Waals surface area contributed by atoms with Gasteiger partial charge >= 0.3 is 25.5 Å². The van der Waals surface area contributed by atoms with Crippen molar-refractivity contribution in [3.05, 3.63) is 86.2 Å². The van der Waals surface area contributed by atoms with Crippen LogP contribution in [0.25, 0.3) is 22.1 Å². The maximum Gasteiger partial charge on any atom is 0.407 e. The highest BCUT2D eigenvalue weighted by molar-refractivity contribution is 7.51. The SMILES string of the molecule is CCn1c(COP(=O)(NC(C)C(=O)NC(C)C(=O)OC(C)(C)C)OCCCCCNC(=O)OC(C)(C)C)nn(-c2cc3c(C(C)C)cn(-c4ccccc4C)c(=O)c3cc2F)c1=O. The number of nitrogens with zero attached hydrogens (tertiary/aromatic N) is 4. The van der Waals surface area contributed by atoms with Crippen molar-refractivity contribution in [3.63, 3.8) is 0 Å². The lowest BCUT2D eigenvalue weighted by Gasteiger charge is -2.25. The van der Waals surface area contributed by atoms with Gasteiger partial charge in [0.05, 0.1) is 23.7 Å². The van der Waals surface area contributed by atoms with Gasteiger partial charge in [-0.25, -0.2) is 28.4 Å². The summed E-state index contributed by atoms with van der Waals surface area (Å²) in [4.78, 5) is 65.5. The van der Waals surface area contributed by atoms with Crippen LogP contribution in [-0.4, -0.2) is 73.3 Å². The minimum absolute atomic E-state index is 0.0319. The number of esters is 1. The highest BCUT2D eigenvalue weighted by Crippen LogP contribution is 2.45. The fourth-order valence-corrected chi connectivity index (χ4v) is 7.93. The van der Waals surface area contributed by atoms with Crippen LogP contribution in [0.5, 0.6) is 0 Å². The number of nitrogens with one attached hydrogen (secondary N) is 3.